The summed E-state index contributed by atoms with van der Waals surface area (Å²) in [5, 5.41) is 0.729. The minimum absolute atomic E-state index is 0.375. The second kappa shape index (κ2) is 6.41. The van der Waals surface area contributed by atoms with Crippen LogP contribution in [-0.2, 0) is 10.0 Å². The van der Waals surface area contributed by atoms with Crippen LogP contribution in [0.2, 0.25) is 5.02 Å². The van der Waals surface area contributed by atoms with Crippen LogP contribution in [0.15, 0.2) is 59.5 Å². The number of hydrogen-bond acceptors (Lipinski definition) is 2. The molecule has 0 atom stereocenters. The van der Waals surface area contributed by atoms with Crippen molar-refractivity contribution in [2.75, 3.05) is 13.1 Å². The van der Waals surface area contributed by atoms with Crippen molar-refractivity contribution < 1.29 is 8.42 Å². The average Bonchev–Trinajstić information content (AvgIpc) is 2.56. The van der Waals surface area contributed by atoms with Crippen molar-refractivity contribution in [1.29, 1.82) is 0 Å². The average molecular weight is 336 g/mol. The first-order valence-corrected chi connectivity index (χ1v) is 9.20. The monoisotopic (exact) mass is 335 g/mol. The first kappa shape index (κ1) is 15.5. The molecule has 22 heavy (non-hydrogen) atoms. The van der Waals surface area contributed by atoms with E-state index in [1.54, 1.807) is 28.6 Å². The van der Waals surface area contributed by atoms with Gasteiger partial charge in [-0.2, -0.15) is 4.31 Å². The van der Waals surface area contributed by atoms with E-state index in [2.05, 4.69) is 0 Å². The van der Waals surface area contributed by atoms with Gasteiger partial charge in [-0.05, 0) is 48.6 Å². The molecule has 2 aromatic rings. The standard InChI is InChI=1S/C17H18ClNO2S/c18-16-8-6-14(7-9-16)15-10-12-19(13-11-15)22(20,21)17-4-2-1-3-5-17/h1-9,15H,10-13H2. The maximum Gasteiger partial charge on any atom is 0.243 e. The van der Waals surface area contributed by atoms with Crippen molar-refractivity contribution >= 4 is 21.6 Å². The van der Waals surface area contributed by atoms with Crippen LogP contribution in [0.5, 0.6) is 0 Å². The lowest BCUT2D eigenvalue weighted by molar-refractivity contribution is 0.319. The highest BCUT2D eigenvalue weighted by atomic mass is 35.5. The Labute approximate surface area is 136 Å². The predicted molar refractivity (Wildman–Crippen MR) is 88.6 cm³/mol. The molecule has 3 rings (SSSR count). The number of hydrogen-bond donors (Lipinski definition) is 0. The summed E-state index contributed by atoms with van der Waals surface area (Å²) in [6.45, 7) is 1.12. The zero-order valence-electron chi connectivity index (χ0n) is 12.2. The van der Waals surface area contributed by atoms with E-state index < -0.39 is 10.0 Å². The molecule has 0 saturated carbocycles. The number of benzene rings is 2. The number of sulfonamides is 1. The van der Waals surface area contributed by atoms with Crippen molar-refractivity contribution in [1.82, 2.24) is 4.31 Å². The molecule has 1 saturated heterocycles. The lowest BCUT2D eigenvalue weighted by atomic mass is 9.90. The van der Waals surface area contributed by atoms with Crippen molar-refractivity contribution in [3.63, 3.8) is 0 Å². The Morgan fingerprint density at radius 1 is 0.909 bits per heavy atom. The summed E-state index contributed by atoms with van der Waals surface area (Å²) in [7, 11) is -3.36. The molecular weight excluding hydrogens is 318 g/mol. The second-order valence-electron chi connectivity index (χ2n) is 5.54. The fraction of sp³-hybridized carbons (Fsp3) is 0.294. The predicted octanol–water partition coefficient (Wildman–Crippen LogP) is 3.91. The lowest BCUT2D eigenvalue weighted by Gasteiger charge is -2.31. The Hall–Kier alpha value is -1.36. The van der Waals surface area contributed by atoms with Gasteiger partial charge >= 0.3 is 0 Å². The molecule has 2 aromatic carbocycles. The van der Waals surface area contributed by atoms with Gasteiger partial charge in [0.05, 0.1) is 4.90 Å². The van der Waals surface area contributed by atoms with Crippen LogP contribution in [0.1, 0.15) is 24.3 Å². The summed E-state index contributed by atoms with van der Waals surface area (Å²) in [5.74, 6) is 0.402. The van der Waals surface area contributed by atoms with E-state index in [4.69, 9.17) is 11.6 Å². The summed E-state index contributed by atoms with van der Waals surface area (Å²) in [6.07, 6.45) is 1.68. The van der Waals surface area contributed by atoms with Crippen LogP contribution in [0.3, 0.4) is 0 Å². The SMILES string of the molecule is O=S(=O)(c1ccccc1)N1CCC(c2ccc(Cl)cc2)CC1. The molecule has 0 radical (unpaired) electrons. The van der Waals surface area contributed by atoms with Crippen LogP contribution < -0.4 is 0 Å². The number of halogens is 1. The molecule has 1 heterocycles. The van der Waals surface area contributed by atoms with Crippen LogP contribution in [0.4, 0.5) is 0 Å². The van der Waals surface area contributed by atoms with Crippen molar-refractivity contribution in [2.45, 2.75) is 23.7 Å². The number of piperidine rings is 1. The van der Waals surface area contributed by atoms with E-state index >= 15 is 0 Å². The number of rotatable bonds is 3. The lowest BCUT2D eigenvalue weighted by Crippen LogP contribution is -2.37. The van der Waals surface area contributed by atoms with Gasteiger partial charge in [0.1, 0.15) is 0 Å². The zero-order valence-corrected chi connectivity index (χ0v) is 13.7. The van der Waals surface area contributed by atoms with Crippen LogP contribution >= 0.6 is 11.6 Å². The summed E-state index contributed by atoms with van der Waals surface area (Å²) < 4.78 is 26.8. The minimum atomic E-state index is -3.36. The van der Waals surface area contributed by atoms with Crippen molar-refractivity contribution in [3.8, 4) is 0 Å². The zero-order chi connectivity index (χ0) is 15.6. The van der Waals surface area contributed by atoms with Crippen LogP contribution in [0.25, 0.3) is 0 Å². The third kappa shape index (κ3) is 3.19. The Morgan fingerprint density at radius 2 is 1.50 bits per heavy atom. The topological polar surface area (TPSA) is 37.4 Å². The number of nitrogens with zero attached hydrogens (tertiary/aromatic N) is 1. The summed E-state index contributed by atoms with van der Waals surface area (Å²) >= 11 is 5.91. The first-order valence-electron chi connectivity index (χ1n) is 7.38. The Bertz CT molecular complexity index is 721. The molecule has 0 bridgehead atoms. The molecule has 1 aliphatic heterocycles. The van der Waals surface area contributed by atoms with Gasteiger partial charge in [0.2, 0.25) is 10.0 Å². The van der Waals surface area contributed by atoms with Crippen LogP contribution in [-0.4, -0.2) is 25.8 Å². The molecule has 0 amide bonds. The molecular formula is C17H18ClNO2S. The molecule has 0 spiro atoms. The Morgan fingerprint density at radius 3 is 2.09 bits per heavy atom. The van der Waals surface area contributed by atoms with Gasteiger partial charge in [-0.25, -0.2) is 8.42 Å². The maximum atomic E-state index is 12.6. The van der Waals surface area contributed by atoms with Gasteiger partial charge in [-0.3, -0.25) is 0 Å². The van der Waals surface area contributed by atoms with Crippen molar-refractivity contribution in [2.24, 2.45) is 0 Å². The molecule has 5 heteroatoms. The fourth-order valence-electron chi connectivity index (χ4n) is 2.91. The van der Waals surface area contributed by atoms with Gasteiger partial charge in [-0.15, -0.1) is 0 Å². The van der Waals surface area contributed by atoms with E-state index in [1.165, 1.54) is 5.56 Å². The van der Waals surface area contributed by atoms with Gasteiger partial charge in [-0.1, -0.05) is 41.9 Å². The van der Waals surface area contributed by atoms with Crippen molar-refractivity contribution in [3.05, 3.63) is 65.2 Å². The minimum Gasteiger partial charge on any atom is -0.207 e. The van der Waals surface area contributed by atoms with E-state index in [-0.39, 0.29) is 0 Å². The highest BCUT2D eigenvalue weighted by Gasteiger charge is 2.29. The molecule has 0 aliphatic carbocycles. The third-order valence-electron chi connectivity index (χ3n) is 4.18. The molecule has 3 nitrogen and oxygen atoms in total. The Balaban J connectivity index is 1.70. The van der Waals surface area contributed by atoms with Gasteiger partial charge in [0.15, 0.2) is 0 Å². The summed E-state index contributed by atoms with van der Waals surface area (Å²) in [6, 6.07) is 16.5. The smallest absolute Gasteiger partial charge is 0.207 e. The van der Waals surface area contributed by atoms with Crippen LogP contribution in [0, 0.1) is 0 Å². The second-order valence-corrected chi connectivity index (χ2v) is 7.92. The molecule has 1 fully saturated rings. The van der Waals surface area contributed by atoms with E-state index in [0.29, 0.717) is 23.9 Å². The normalized spacial score (nSPS) is 17.5. The van der Waals surface area contributed by atoms with E-state index in [1.807, 2.05) is 30.3 Å². The van der Waals surface area contributed by atoms with Gasteiger partial charge in [0.25, 0.3) is 0 Å². The first-order chi connectivity index (χ1) is 10.6. The van der Waals surface area contributed by atoms with E-state index in [9.17, 15) is 8.42 Å². The highest BCUT2D eigenvalue weighted by molar-refractivity contribution is 7.89. The van der Waals surface area contributed by atoms with E-state index in [0.717, 1.165) is 17.9 Å². The molecule has 1 aliphatic rings. The van der Waals surface area contributed by atoms with Gasteiger partial charge < -0.3 is 0 Å². The maximum absolute atomic E-state index is 12.6. The molecule has 0 unspecified atom stereocenters. The summed E-state index contributed by atoms with van der Waals surface area (Å²) in [4.78, 5) is 0.375. The highest BCUT2D eigenvalue weighted by Crippen LogP contribution is 2.31. The van der Waals surface area contributed by atoms with Gasteiger partial charge in [0, 0.05) is 18.1 Å². The summed E-state index contributed by atoms with van der Waals surface area (Å²) in [5.41, 5.74) is 1.24. The Kier molecular flexibility index (Phi) is 4.52. The molecule has 116 valence electrons. The fourth-order valence-corrected chi connectivity index (χ4v) is 4.52. The largest absolute Gasteiger partial charge is 0.243 e. The third-order valence-corrected chi connectivity index (χ3v) is 6.34. The molecule has 0 N–H and O–H groups in total. The molecule has 0 aromatic heterocycles. The quantitative estimate of drug-likeness (QED) is 0.852.